The van der Waals surface area contributed by atoms with Crippen LogP contribution in [0.15, 0.2) is 38.1 Å². The first-order valence-electron chi connectivity index (χ1n) is 6.54. The van der Waals surface area contributed by atoms with Gasteiger partial charge in [-0.05, 0) is 48.7 Å². The number of aryl methyl sites for hydroxylation is 1. The van der Waals surface area contributed by atoms with Crippen molar-refractivity contribution in [1.82, 2.24) is 4.90 Å². The van der Waals surface area contributed by atoms with Crippen LogP contribution in [0.25, 0.3) is 16.7 Å². The second-order valence-corrected chi connectivity index (χ2v) is 6.94. The van der Waals surface area contributed by atoms with E-state index in [0.717, 1.165) is 23.8 Å². The number of nitrogens with zero attached hydrogens (tertiary/aromatic N) is 2. The molecule has 5 heteroatoms. The van der Waals surface area contributed by atoms with Gasteiger partial charge in [0.2, 0.25) is 0 Å². The predicted octanol–water partition coefficient (Wildman–Crippen LogP) is 4.15. The van der Waals surface area contributed by atoms with Crippen LogP contribution >= 0.6 is 23.5 Å². The van der Waals surface area contributed by atoms with Crippen LogP contribution in [0.5, 0.6) is 0 Å². The molecule has 0 unspecified atom stereocenters. The van der Waals surface area contributed by atoms with E-state index in [-0.39, 0.29) is 0 Å². The molecule has 0 spiro atoms. The fraction of sp³-hybridized carbons (Fsp3) is 0.267. The molecular weight excluding hydrogens is 288 g/mol. The van der Waals surface area contributed by atoms with Crippen molar-refractivity contribution in [1.29, 1.82) is 0 Å². The number of hydrogen-bond donors (Lipinski definition) is 0. The highest BCUT2D eigenvalue weighted by Gasteiger charge is 2.33. The molecule has 0 amide bonds. The zero-order valence-electron chi connectivity index (χ0n) is 11.3. The van der Waals surface area contributed by atoms with E-state index in [4.69, 9.17) is 4.42 Å². The minimum Gasteiger partial charge on any atom is -0.464 e. The lowest BCUT2D eigenvalue weighted by Crippen LogP contribution is -2.20. The molecule has 3 heterocycles. The Hall–Kier alpha value is -1.33. The maximum absolute atomic E-state index is 5.59. The molecule has 1 aromatic carbocycles. The molecule has 3 nitrogen and oxygen atoms in total. The van der Waals surface area contributed by atoms with E-state index in [1.165, 1.54) is 26.4 Å². The highest BCUT2D eigenvalue weighted by Crippen LogP contribution is 2.46. The topological polar surface area (TPSA) is 28.7 Å². The summed E-state index contributed by atoms with van der Waals surface area (Å²) in [5, 5.41) is 2.34. The van der Waals surface area contributed by atoms with Crippen LogP contribution in [0, 0.1) is 6.92 Å². The van der Waals surface area contributed by atoms with Gasteiger partial charge in [-0.2, -0.15) is 0 Å². The van der Waals surface area contributed by atoms with Crippen molar-refractivity contribution in [3.63, 3.8) is 0 Å². The average Bonchev–Trinajstić information content (AvgIpc) is 3.12. The molecule has 0 aliphatic carbocycles. The van der Waals surface area contributed by atoms with Crippen molar-refractivity contribution in [2.45, 2.75) is 6.92 Å². The van der Waals surface area contributed by atoms with Crippen LogP contribution in [-0.4, -0.2) is 29.4 Å². The predicted molar refractivity (Wildman–Crippen MR) is 88.0 cm³/mol. The van der Waals surface area contributed by atoms with Crippen LogP contribution in [-0.2, 0) is 0 Å². The number of thioether (sulfide) groups is 2. The van der Waals surface area contributed by atoms with Crippen molar-refractivity contribution < 1.29 is 4.42 Å². The Kier molecular flexibility index (Phi) is 2.86. The number of rotatable bonds is 2. The smallest absolute Gasteiger partial charge is 0.169 e. The van der Waals surface area contributed by atoms with Crippen LogP contribution < -0.4 is 0 Å². The molecule has 20 heavy (non-hydrogen) atoms. The molecule has 2 aliphatic rings. The van der Waals surface area contributed by atoms with E-state index < -0.39 is 0 Å². The zero-order valence-corrected chi connectivity index (χ0v) is 13.0. The van der Waals surface area contributed by atoms with E-state index in [1.54, 1.807) is 29.8 Å². The normalized spacial score (nSPS) is 18.1. The third kappa shape index (κ3) is 1.73. The number of fused-ring (bicyclic) bond motifs is 2. The SMILES string of the molecule is CSC1=C(c2cc(C)c3ccoc3c2)N2CCN=C2S1. The summed E-state index contributed by atoms with van der Waals surface area (Å²) in [5.74, 6) is 0. The van der Waals surface area contributed by atoms with Crippen molar-refractivity contribution in [3.05, 3.63) is 39.8 Å². The lowest BCUT2D eigenvalue weighted by atomic mass is 10.1. The van der Waals surface area contributed by atoms with Gasteiger partial charge in [0.1, 0.15) is 5.58 Å². The van der Waals surface area contributed by atoms with Crippen molar-refractivity contribution in [2.75, 3.05) is 19.3 Å². The molecule has 0 saturated heterocycles. The van der Waals surface area contributed by atoms with Gasteiger partial charge < -0.3 is 9.32 Å². The highest BCUT2D eigenvalue weighted by atomic mass is 32.2. The van der Waals surface area contributed by atoms with Gasteiger partial charge in [-0.25, -0.2) is 0 Å². The molecule has 0 atom stereocenters. The summed E-state index contributed by atoms with van der Waals surface area (Å²) in [6, 6.07) is 6.44. The number of hydrogen-bond acceptors (Lipinski definition) is 5. The van der Waals surface area contributed by atoms with E-state index >= 15 is 0 Å². The molecular formula is C15H14N2OS2. The Labute approximate surface area is 126 Å². The van der Waals surface area contributed by atoms with E-state index in [2.05, 4.69) is 35.2 Å². The fourth-order valence-electron chi connectivity index (χ4n) is 2.76. The number of benzene rings is 1. The second kappa shape index (κ2) is 4.60. The van der Waals surface area contributed by atoms with Crippen molar-refractivity contribution >= 4 is 45.4 Å². The van der Waals surface area contributed by atoms with Gasteiger partial charge in [-0.3, -0.25) is 4.99 Å². The Morgan fingerprint density at radius 2 is 2.30 bits per heavy atom. The Morgan fingerprint density at radius 1 is 1.40 bits per heavy atom. The minimum absolute atomic E-state index is 0.898. The summed E-state index contributed by atoms with van der Waals surface area (Å²) in [6.07, 6.45) is 3.89. The fourth-order valence-corrected chi connectivity index (χ4v) is 4.68. The lowest BCUT2D eigenvalue weighted by Gasteiger charge is -2.17. The summed E-state index contributed by atoms with van der Waals surface area (Å²) >= 11 is 3.58. The van der Waals surface area contributed by atoms with Crippen LogP contribution in [0.1, 0.15) is 11.1 Å². The molecule has 0 fully saturated rings. The third-order valence-corrected chi connectivity index (χ3v) is 5.91. The van der Waals surface area contributed by atoms with Crippen LogP contribution in [0.3, 0.4) is 0 Å². The summed E-state index contributed by atoms with van der Waals surface area (Å²) < 4.78 is 6.92. The quantitative estimate of drug-likeness (QED) is 0.833. The monoisotopic (exact) mass is 302 g/mol. The molecule has 4 rings (SSSR count). The van der Waals surface area contributed by atoms with Gasteiger partial charge in [0.25, 0.3) is 0 Å². The number of furan rings is 1. The Bertz CT molecular complexity index is 760. The van der Waals surface area contributed by atoms with E-state index in [1.807, 2.05) is 6.07 Å². The first-order valence-corrected chi connectivity index (χ1v) is 8.58. The summed E-state index contributed by atoms with van der Waals surface area (Å²) in [7, 11) is 0. The molecule has 0 radical (unpaired) electrons. The number of aliphatic imine (C=N–C) groups is 1. The Morgan fingerprint density at radius 3 is 3.15 bits per heavy atom. The van der Waals surface area contributed by atoms with Crippen molar-refractivity contribution in [2.24, 2.45) is 4.99 Å². The van der Waals surface area contributed by atoms with Gasteiger partial charge >= 0.3 is 0 Å². The standard InChI is InChI=1S/C15H14N2OS2/c1-9-7-10(8-12-11(9)3-6-18-12)13-14(19-2)20-15-16-4-5-17(13)15/h3,6-8H,4-5H2,1-2H3. The molecule has 1 aromatic heterocycles. The molecule has 0 N–H and O–H groups in total. The van der Waals surface area contributed by atoms with Gasteiger partial charge in [0, 0.05) is 17.5 Å². The highest BCUT2D eigenvalue weighted by molar-refractivity contribution is 8.30. The van der Waals surface area contributed by atoms with Crippen LogP contribution in [0.4, 0.5) is 0 Å². The molecule has 0 saturated carbocycles. The van der Waals surface area contributed by atoms with E-state index in [9.17, 15) is 0 Å². The van der Waals surface area contributed by atoms with Gasteiger partial charge in [0.15, 0.2) is 5.17 Å². The average molecular weight is 302 g/mol. The largest absolute Gasteiger partial charge is 0.464 e. The second-order valence-electron chi connectivity index (χ2n) is 4.88. The van der Waals surface area contributed by atoms with Crippen molar-refractivity contribution in [3.8, 4) is 0 Å². The number of amidine groups is 1. The maximum atomic E-state index is 5.59. The Balaban J connectivity index is 1.90. The third-order valence-electron chi connectivity index (χ3n) is 3.69. The summed E-state index contributed by atoms with van der Waals surface area (Å²) in [4.78, 5) is 6.91. The summed E-state index contributed by atoms with van der Waals surface area (Å²) in [5.41, 5.74) is 4.74. The van der Waals surface area contributed by atoms with Gasteiger partial charge in [0.05, 0.1) is 22.7 Å². The molecule has 102 valence electrons. The lowest BCUT2D eigenvalue weighted by molar-refractivity contribution is 0.614. The first kappa shape index (κ1) is 12.4. The summed E-state index contributed by atoms with van der Waals surface area (Å²) in [6.45, 7) is 4.02. The van der Waals surface area contributed by atoms with E-state index in [0.29, 0.717) is 0 Å². The maximum Gasteiger partial charge on any atom is 0.169 e. The minimum atomic E-state index is 0.898. The molecule has 0 bridgehead atoms. The molecule has 2 aliphatic heterocycles. The van der Waals surface area contributed by atoms with Gasteiger partial charge in [-0.15, -0.1) is 11.8 Å². The van der Waals surface area contributed by atoms with Gasteiger partial charge in [-0.1, -0.05) is 0 Å². The first-order chi connectivity index (χ1) is 9.78. The molecule has 2 aromatic rings. The zero-order chi connectivity index (χ0) is 13.7. The van der Waals surface area contributed by atoms with Crippen LogP contribution in [0.2, 0.25) is 0 Å².